The summed E-state index contributed by atoms with van der Waals surface area (Å²) >= 11 is 0. The van der Waals surface area contributed by atoms with Crippen molar-refractivity contribution in [2.75, 3.05) is 35.7 Å². The molecule has 7 heteroatoms. The lowest BCUT2D eigenvalue weighted by Crippen LogP contribution is -2.47. The zero-order valence-corrected chi connectivity index (χ0v) is 19.8. The van der Waals surface area contributed by atoms with Crippen molar-refractivity contribution < 1.29 is 14.0 Å². The second-order valence-corrected chi connectivity index (χ2v) is 9.79. The van der Waals surface area contributed by atoms with Gasteiger partial charge in [-0.2, -0.15) is 0 Å². The van der Waals surface area contributed by atoms with E-state index in [0.717, 1.165) is 43.6 Å². The number of halogens is 1. The van der Waals surface area contributed by atoms with Gasteiger partial charge >= 0.3 is 0 Å². The lowest BCUT2D eigenvalue weighted by molar-refractivity contribution is -0.118. The second-order valence-electron chi connectivity index (χ2n) is 9.79. The van der Waals surface area contributed by atoms with Crippen LogP contribution in [0.5, 0.6) is 0 Å². The molecule has 0 spiro atoms. The summed E-state index contributed by atoms with van der Waals surface area (Å²) in [6, 6.07) is 10.6. The summed E-state index contributed by atoms with van der Waals surface area (Å²) in [7, 11) is 1.76. The number of hydrogen-bond acceptors (Lipinski definition) is 4. The van der Waals surface area contributed by atoms with E-state index >= 15 is 0 Å². The van der Waals surface area contributed by atoms with Crippen molar-refractivity contribution in [1.29, 1.82) is 0 Å². The van der Waals surface area contributed by atoms with Gasteiger partial charge in [0.2, 0.25) is 5.91 Å². The fraction of sp³-hybridized carbons (Fsp3) is 0.481. The molecule has 2 aromatic rings. The van der Waals surface area contributed by atoms with E-state index in [4.69, 9.17) is 0 Å². The molecule has 0 unspecified atom stereocenters. The number of carbonyl (C=O) groups is 2. The van der Waals surface area contributed by atoms with Crippen molar-refractivity contribution in [1.82, 2.24) is 4.90 Å². The van der Waals surface area contributed by atoms with Crippen LogP contribution in [0.4, 0.5) is 21.5 Å². The lowest BCUT2D eigenvalue weighted by Gasteiger charge is -2.39. The highest BCUT2D eigenvalue weighted by Crippen LogP contribution is 2.32. The minimum absolute atomic E-state index is 0.0704. The van der Waals surface area contributed by atoms with Crippen molar-refractivity contribution in [2.24, 2.45) is 0 Å². The summed E-state index contributed by atoms with van der Waals surface area (Å²) in [5.41, 5.74) is 3.50. The third kappa shape index (κ3) is 4.67. The molecule has 0 radical (unpaired) electrons. The third-order valence-electron chi connectivity index (χ3n) is 7.59. The molecule has 6 nitrogen and oxygen atoms in total. The quantitative estimate of drug-likeness (QED) is 0.667. The zero-order chi connectivity index (χ0) is 23.7. The van der Waals surface area contributed by atoms with E-state index in [1.54, 1.807) is 18.0 Å². The molecule has 1 saturated carbocycles. The molecule has 1 saturated heterocycles. The summed E-state index contributed by atoms with van der Waals surface area (Å²) in [5, 5.41) is 6.51. The van der Waals surface area contributed by atoms with Crippen molar-refractivity contribution in [3.63, 3.8) is 0 Å². The predicted molar refractivity (Wildman–Crippen MR) is 133 cm³/mol. The maximum absolute atomic E-state index is 14.2. The monoisotopic (exact) mass is 464 g/mol. The fourth-order valence-electron chi connectivity index (χ4n) is 5.73. The van der Waals surface area contributed by atoms with Crippen LogP contribution in [-0.2, 0) is 11.2 Å². The third-order valence-corrected chi connectivity index (χ3v) is 7.59. The predicted octanol–water partition coefficient (Wildman–Crippen LogP) is 4.81. The summed E-state index contributed by atoms with van der Waals surface area (Å²) in [4.78, 5) is 29.6. The van der Waals surface area contributed by atoms with Gasteiger partial charge in [-0.3, -0.25) is 14.5 Å². The van der Waals surface area contributed by atoms with Crippen LogP contribution in [0.3, 0.4) is 0 Å². The van der Waals surface area contributed by atoms with Crippen LogP contribution in [0, 0.1) is 5.82 Å². The van der Waals surface area contributed by atoms with Crippen molar-refractivity contribution >= 4 is 28.9 Å². The van der Waals surface area contributed by atoms with Gasteiger partial charge < -0.3 is 15.5 Å². The SMILES string of the molecule is CN1C(=O)CCc2ccc(NC(=O)c3ccc(F)cc3N[C@H]3CCCC[C@@H]3N3CCCC3)cc21. The molecule has 1 aliphatic carbocycles. The van der Waals surface area contributed by atoms with E-state index in [2.05, 4.69) is 15.5 Å². The van der Waals surface area contributed by atoms with Gasteiger partial charge in [0.1, 0.15) is 5.82 Å². The summed E-state index contributed by atoms with van der Waals surface area (Å²) < 4.78 is 14.2. The Morgan fingerprint density at radius 3 is 2.62 bits per heavy atom. The smallest absolute Gasteiger partial charge is 0.257 e. The zero-order valence-electron chi connectivity index (χ0n) is 19.8. The Balaban J connectivity index is 1.36. The molecule has 34 heavy (non-hydrogen) atoms. The molecule has 2 fully saturated rings. The topological polar surface area (TPSA) is 64.7 Å². The normalized spacial score (nSPS) is 23.0. The molecule has 2 heterocycles. The number of hydrogen-bond donors (Lipinski definition) is 2. The van der Waals surface area contributed by atoms with E-state index < -0.39 is 0 Å². The highest BCUT2D eigenvalue weighted by molar-refractivity contribution is 6.08. The van der Waals surface area contributed by atoms with Crippen LogP contribution in [0.1, 0.15) is 60.9 Å². The van der Waals surface area contributed by atoms with Crippen LogP contribution in [0.2, 0.25) is 0 Å². The van der Waals surface area contributed by atoms with E-state index in [1.165, 1.54) is 31.4 Å². The Morgan fingerprint density at radius 1 is 1.00 bits per heavy atom. The number of rotatable bonds is 5. The van der Waals surface area contributed by atoms with Crippen LogP contribution in [0.25, 0.3) is 0 Å². The molecule has 2 aliphatic heterocycles. The van der Waals surface area contributed by atoms with E-state index in [-0.39, 0.29) is 23.7 Å². The van der Waals surface area contributed by atoms with Crippen molar-refractivity contribution in [2.45, 2.75) is 63.5 Å². The number of likely N-dealkylation sites (tertiary alicyclic amines) is 1. The highest BCUT2D eigenvalue weighted by Gasteiger charge is 2.32. The lowest BCUT2D eigenvalue weighted by atomic mass is 9.89. The van der Waals surface area contributed by atoms with Gasteiger partial charge in [-0.15, -0.1) is 0 Å². The Labute approximate surface area is 200 Å². The Morgan fingerprint density at radius 2 is 1.79 bits per heavy atom. The van der Waals surface area contributed by atoms with Gasteiger partial charge in [0.05, 0.1) is 11.3 Å². The van der Waals surface area contributed by atoms with E-state index in [9.17, 15) is 14.0 Å². The van der Waals surface area contributed by atoms with Crippen LogP contribution in [-0.4, -0.2) is 48.9 Å². The average Bonchev–Trinajstić information content (AvgIpc) is 3.37. The van der Waals surface area contributed by atoms with E-state index in [1.807, 2.05) is 18.2 Å². The molecule has 5 rings (SSSR count). The number of benzene rings is 2. The summed E-state index contributed by atoms with van der Waals surface area (Å²) in [6.07, 6.45) is 8.18. The fourth-order valence-corrected chi connectivity index (χ4v) is 5.73. The standard InChI is InChI=1S/C27H33FN4O2/c1-31-25-17-20(11-8-18(25)9-13-26(31)33)29-27(34)21-12-10-19(28)16-23(21)30-22-6-2-3-7-24(22)32-14-4-5-15-32/h8,10-12,16-17,22,24,30H,2-7,9,13-15H2,1H3,(H,29,34)/t22-,24-/m0/s1. The van der Waals surface area contributed by atoms with Crippen molar-refractivity contribution in [3.8, 4) is 0 Å². The molecule has 2 atom stereocenters. The maximum Gasteiger partial charge on any atom is 0.257 e. The minimum atomic E-state index is -0.360. The highest BCUT2D eigenvalue weighted by atomic mass is 19.1. The maximum atomic E-state index is 14.2. The number of fused-ring (bicyclic) bond motifs is 1. The number of aryl methyl sites for hydroxylation is 1. The van der Waals surface area contributed by atoms with Gasteiger partial charge in [0.15, 0.2) is 0 Å². The van der Waals surface area contributed by atoms with Crippen LogP contribution in [0.15, 0.2) is 36.4 Å². The van der Waals surface area contributed by atoms with Crippen LogP contribution < -0.4 is 15.5 Å². The molecular weight excluding hydrogens is 431 g/mol. The van der Waals surface area contributed by atoms with Gasteiger partial charge in [-0.05, 0) is 81.1 Å². The molecule has 2 aromatic carbocycles. The van der Waals surface area contributed by atoms with Crippen molar-refractivity contribution in [3.05, 3.63) is 53.3 Å². The van der Waals surface area contributed by atoms with Gasteiger partial charge in [-0.25, -0.2) is 4.39 Å². The Bertz CT molecular complexity index is 1080. The van der Waals surface area contributed by atoms with Gasteiger partial charge in [0, 0.05) is 36.9 Å². The largest absolute Gasteiger partial charge is 0.380 e. The first-order valence-electron chi connectivity index (χ1n) is 12.5. The number of nitrogens with one attached hydrogen (secondary N) is 2. The first kappa shape index (κ1) is 22.8. The second kappa shape index (κ2) is 9.74. The minimum Gasteiger partial charge on any atom is -0.380 e. The molecule has 2 N–H and O–H groups in total. The summed E-state index contributed by atoms with van der Waals surface area (Å²) in [6.45, 7) is 2.24. The molecular formula is C27H33FN4O2. The van der Waals surface area contributed by atoms with Gasteiger partial charge in [0.25, 0.3) is 5.91 Å². The first-order valence-corrected chi connectivity index (χ1v) is 12.5. The van der Waals surface area contributed by atoms with E-state index in [0.29, 0.717) is 35.8 Å². The number of amides is 2. The Kier molecular flexibility index (Phi) is 6.55. The average molecular weight is 465 g/mol. The number of carbonyl (C=O) groups excluding carboxylic acids is 2. The first-order chi connectivity index (χ1) is 16.5. The summed E-state index contributed by atoms with van der Waals surface area (Å²) in [5.74, 6) is -0.580. The molecule has 180 valence electrons. The van der Waals surface area contributed by atoms with Crippen LogP contribution >= 0.6 is 0 Å². The number of nitrogens with zero attached hydrogens (tertiary/aromatic N) is 2. The Hall–Kier alpha value is -2.93. The number of anilines is 3. The molecule has 0 aromatic heterocycles. The molecule has 0 bridgehead atoms. The van der Waals surface area contributed by atoms with Gasteiger partial charge in [-0.1, -0.05) is 18.9 Å². The molecule has 3 aliphatic rings. The molecule has 2 amide bonds.